The summed E-state index contributed by atoms with van der Waals surface area (Å²) in [5.41, 5.74) is -0.246. The van der Waals surface area contributed by atoms with Crippen LogP contribution < -0.4 is 0 Å². The lowest BCUT2D eigenvalue weighted by Crippen LogP contribution is -2.70. The molecule has 2 bridgehead atoms. The minimum Gasteiger partial charge on any atom is -0.469 e. The van der Waals surface area contributed by atoms with Gasteiger partial charge in [0.25, 0.3) is 0 Å². The van der Waals surface area contributed by atoms with Gasteiger partial charge in [0.15, 0.2) is 0 Å². The minimum atomic E-state index is -0.348. The van der Waals surface area contributed by atoms with E-state index in [0.29, 0.717) is 23.7 Å². The Kier molecular flexibility index (Phi) is 3.40. The maximum Gasteiger partial charge on any atom is 0.311 e. The summed E-state index contributed by atoms with van der Waals surface area (Å²) in [5, 5.41) is 0. The van der Waals surface area contributed by atoms with E-state index >= 15 is 0 Å². The van der Waals surface area contributed by atoms with E-state index in [1.165, 1.54) is 12.8 Å². The predicted molar refractivity (Wildman–Crippen MR) is 97.5 cm³/mol. The van der Waals surface area contributed by atoms with Gasteiger partial charge in [-0.15, -0.1) is 0 Å². The van der Waals surface area contributed by atoms with Crippen molar-refractivity contribution in [3.63, 3.8) is 0 Å². The number of hydrogen-bond donors (Lipinski definition) is 0. The fraction of sp³-hybridized carbons (Fsp3) is 0.955. The van der Waals surface area contributed by atoms with Crippen LogP contribution >= 0.6 is 0 Å². The third kappa shape index (κ3) is 1.73. The Hall–Kier alpha value is -0.610. The smallest absolute Gasteiger partial charge is 0.311 e. The summed E-state index contributed by atoms with van der Waals surface area (Å²) < 4.78 is 18.4. The maximum atomic E-state index is 12.7. The van der Waals surface area contributed by atoms with Crippen LogP contribution in [0.5, 0.6) is 0 Å². The third-order valence-corrected chi connectivity index (χ3v) is 9.57. The summed E-state index contributed by atoms with van der Waals surface area (Å²) in [6.07, 6.45) is 6.84. The Labute approximate surface area is 157 Å². The van der Waals surface area contributed by atoms with Gasteiger partial charge in [-0.05, 0) is 62.2 Å². The van der Waals surface area contributed by atoms with E-state index in [2.05, 4.69) is 27.7 Å². The summed E-state index contributed by atoms with van der Waals surface area (Å²) in [5.74, 6) is 1.96. The van der Waals surface area contributed by atoms with Gasteiger partial charge in [0.1, 0.15) is 17.3 Å². The number of carbonyl (C=O) groups excluding carboxylic acids is 1. The summed E-state index contributed by atoms with van der Waals surface area (Å²) in [6, 6.07) is 0. The molecule has 0 unspecified atom stereocenters. The van der Waals surface area contributed by atoms with E-state index < -0.39 is 0 Å². The average Bonchev–Trinajstić information content (AvgIpc) is 3.40. The van der Waals surface area contributed by atoms with Gasteiger partial charge in [0.2, 0.25) is 0 Å². The SMILES string of the molecule is COC(=O)[C@]1(C)CCC[C@@]2(C)[C@H]3C[C@H]4CO[C@@]3(CC[C@H]21)[C@@H]1O[C@@]41C(C)C. The molecule has 0 aromatic rings. The van der Waals surface area contributed by atoms with Crippen molar-refractivity contribution in [2.45, 2.75) is 83.5 Å². The molecule has 6 rings (SSSR count). The van der Waals surface area contributed by atoms with Crippen LogP contribution in [0.1, 0.15) is 66.2 Å². The van der Waals surface area contributed by atoms with Crippen molar-refractivity contribution in [3.8, 4) is 0 Å². The zero-order chi connectivity index (χ0) is 18.5. The van der Waals surface area contributed by atoms with Gasteiger partial charge >= 0.3 is 5.97 Å². The summed E-state index contributed by atoms with van der Waals surface area (Å²) in [7, 11) is 1.55. The second kappa shape index (κ2) is 5.05. The standard InChI is InChI=1S/C22H34O4/c1-13(2)22-14-11-16-19(3)8-6-9-20(4,18(23)24-5)15(19)7-10-21(16,25-12-14)17(22)26-22/h13-17H,6-12H2,1-5H3/t14-,15+,16+,17-,19+,20+,21+,22-/m0/s1. The van der Waals surface area contributed by atoms with E-state index in [0.717, 1.165) is 32.3 Å². The molecule has 3 saturated heterocycles. The summed E-state index contributed by atoms with van der Waals surface area (Å²) >= 11 is 0. The van der Waals surface area contributed by atoms with Crippen LogP contribution in [0.25, 0.3) is 0 Å². The average molecular weight is 363 g/mol. The second-order valence-corrected chi connectivity index (χ2v) is 10.6. The van der Waals surface area contributed by atoms with Crippen LogP contribution in [0, 0.1) is 34.5 Å². The monoisotopic (exact) mass is 362 g/mol. The molecule has 3 aliphatic carbocycles. The van der Waals surface area contributed by atoms with Crippen molar-refractivity contribution in [1.82, 2.24) is 0 Å². The molecule has 0 aromatic carbocycles. The largest absolute Gasteiger partial charge is 0.469 e. The fourth-order valence-electron chi connectivity index (χ4n) is 8.38. The van der Waals surface area contributed by atoms with Crippen molar-refractivity contribution in [1.29, 1.82) is 0 Å². The zero-order valence-electron chi connectivity index (χ0n) is 17.0. The summed E-state index contributed by atoms with van der Waals surface area (Å²) in [4.78, 5) is 12.7. The number of epoxide rings is 1. The van der Waals surface area contributed by atoms with Crippen LogP contribution in [0.2, 0.25) is 0 Å². The molecule has 3 saturated carbocycles. The molecular formula is C22H34O4. The number of esters is 1. The normalized spacial score (nSPS) is 57.2. The van der Waals surface area contributed by atoms with Gasteiger partial charge < -0.3 is 14.2 Å². The van der Waals surface area contributed by atoms with Crippen LogP contribution in [-0.4, -0.2) is 37.0 Å². The minimum absolute atomic E-state index is 0.00883. The second-order valence-electron chi connectivity index (χ2n) is 10.6. The predicted octanol–water partition coefficient (Wildman–Crippen LogP) is 3.96. The first-order chi connectivity index (χ1) is 12.3. The van der Waals surface area contributed by atoms with Crippen LogP contribution in [0.3, 0.4) is 0 Å². The molecule has 6 fully saturated rings. The first kappa shape index (κ1) is 17.5. The molecule has 146 valence electrons. The van der Waals surface area contributed by atoms with Gasteiger partial charge in [-0.2, -0.15) is 0 Å². The Balaban J connectivity index is 1.54. The highest BCUT2D eigenvalue weighted by atomic mass is 16.7. The fourth-order valence-corrected chi connectivity index (χ4v) is 8.38. The molecule has 6 aliphatic rings. The van der Waals surface area contributed by atoms with Gasteiger partial charge in [-0.3, -0.25) is 4.79 Å². The highest BCUT2D eigenvalue weighted by molar-refractivity contribution is 5.77. The first-order valence-electron chi connectivity index (χ1n) is 10.7. The first-order valence-corrected chi connectivity index (χ1v) is 10.7. The third-order valence-electron chi connectivity index (χ3n) is 9.57. The van der Waals surface area contributed by atoms with Crippen LogP contribution in [0.15, 0.2) is 0 Å². The number of fused-ring (bicyclic) bond motifs is 2. The Morgan fingerprint density at radius 3 is 2.62 bits per heavy atom. The number of hydrogen-bond acceptors (Lipinski definition) is 4. The lowest BCUT2D eigenvalue weighted by molar-refractivity contribution is -0.260. The molecule has 4 heteroatoms. The molecule has 0 N–H and O–H groups in total. The number of ether oxygens (including phenoxy) is 3. The Morgan fingerprint density at radius 2 is 1.92 bits per heavy atom. The molecule has 0 radical (unpaired) electrons. The molecule has 3 aliphatic heterocycles. The maximum absolute atomic E-state index is 12.7. The number of methoxy groups -OCH3 is 1. The molecule has 3 heterocycles. The number of carbonyl (C=O) groups is 1. The van der Waals surface area contributed by atoms with Crippen LogP contribution in [-0.2, 0) is 19.0 Å². The Bertz CT molecular complexity index is 646. The molecule has 8 atom stereocenters. The van der Waals surface area contributed by atoms with E-state index in [1.54, 1.807) is 7.11 Å². The van der Waals surface area contributed by atoms with Gasteiger partial charge in [0, 0.05) is 5.92 Å². The van der Waals surface area contributed by atoms with Crippen molar-refractivity contribution in [3.05, 3.63) is 0 Å². The molecule has 0 amide bonds. The molecule has 26 heavy (non-hydrogen) atoms. The molecule has 1 spiro atoms. The van der Waals surface area contributed by atoms with Crippen molar-refractivity contribution in [2.24, 2.45) is 34.5 Å². The van der Waals surface area contributed by atoms with Gasteiger partial charge in [-0.25, -0.2) is 0 Å². The quantitative estimate of drug-likeness (QED) is 0.551. The lowest BCUT2D eigenvalue weighted by atomic mass is 9.41. The molecule has 0 aromatic heterocycles. The van der Waals surface area contributed by atoms with E-state index in [-0.39, 0.29) is 34.1 Å². The topological polar surface area (TPSA) is 48.1 Å². The molecular weight excluding hydrogens is 328 g/mol. The van der Waals surface area contributed by atoms with Gasteiger partial charge in [0.05, 0.1) is 19.1 Å². The van der Waals surface area contributed by atoms with E-state index in [4.69, 9.17) is 14.2 Å². The zero-order valence-corrected chi connectivity index (χ0v) is 17.0. The summed E-state index contributed by atoms with van der Waals surface area (Å²) in [6.45, 7) is 10.1. The van der Waals surface area contributed by atoms with Crippen molar-refractivity contribution < 1.29 is 19.0 Å². The highest BCUT2D eigenvalue weighted by Crippen LogP contribution is 2.74. The van der Waals surface area contributed by atoms with E-state index in [9.17, 15) is 4.79 Å². The van der Waals surface area contributed by atoms with Crippen LogP contribution in [0.4, 0.5) is 0 Å². The molecule has 4 nitrogen and oxygen atoms in total. The van der Waals surface area contributed by atoms with Crippen molar-refractivity contribution >= 4 is 5.97 Å². The van der Waals surface area contributed by atoms with Crippen molar-refractivity contribution in [2.75, 3.05) is 13.7 Å². The van der Waals surface area contributed by atoms with Gasteiger partial charge in [-0.1, -0.05) is 27.2 Å². The lowest BCUT2D eigenvalue weighted by Gasteiger charge is -2.66. The highest BCUT2D eigenvalue weighted by Gasteiger charge is 2.81. The van der Waals surface area contributed by atoms with E-state index in [1.807, 2.05) is 0 Å². The Morgan fingerprint density at radius 1 is 1.15 bits per heavy atom. The number of rotatable bonds is 2.